The van der Waals surface area contributed by atoms with Gasteiger partial charge >= 0.3 is 0 Å². The maximum Gasteiger partial charge on any atom is 0.253 e. The Balaban J connectivity index is 2.13. The molecule has 1 heterocycles. The predicted octanol–water partition coefficient (Wildman–Crippen LogP) is 0.985. The molecule has 0 bridgehead atoms. The van der Waals surface area contributed by atoms with Crippen molar-refractivity contribution in [2.24, 2.45) is 16.9 Å². The zero-order valence-electron chi connectivity index (χ0n) is 11.9. The van der Waals surface area contributed by atoms with Crippen molar-refractivity contribution in [2.75, 3.05) is 13.1 Å². The molecule has 4 N–H and O–H groups in total. The van der Waals surface area contributed by atoms with E-state index >= 15 is 0 Å². The van der Waals surface area contributed by atoms with Gasteiger partial charge in [0.05, 0.1) is 0 Å². The Labute approximate surface area is 118 Å². The molecule has 1 aromatic rings. The van der Waals surface area contributed by atoms with E-state index in [2.05, 4.69) is 13.8 Å². The molecule has 1 aromatic carbocycles. The van der Waals surface area contributed by atoms with E-state index in [1.165, 1.54) is 0 Å². The molecule has 2 rings (SSSR count). The molecule has 1 atom stereocenters. The largest absolute Gasteiger partial charge is 0.366 e. The molecule has 0 radical (unpaired) electrons. The van der Waals surface area contributed by atoms with Crippen LogP contribution in [0.25, 0.3) is 0 Å². The normalized spacial score (nSPS) is 21.6. The smallest absolute Gasteiger partial charge is 0.253 e. The number of nitrogens with zero attached hydrogens (tertiary/aromatic N) is 1. The van der Waals surface area contributed by atoms with Crippen LogP contribution in [0.2, 0.25) is 0 Å². The van der Waals surface area contributed by atoms with Gasteiger partial charge in [-0.1, -0.05) is 13.8 Å². The number of carbonyl (C=O) groups is 2. The first kappa shape index (κ1) is 14.5. The summed E-state index contributed by atoms with van der Waals surface area (Å²) in [4.78, 5) is 25.3. The zero-order chi connectivity index (χ0) is 14.9. The average molecular weight is 275 g/mol. The van der Waals surface area contributed by atoms with Crippen LogP contribution in [-0.4, -0.2) is 35.8 Å². The minimum atomic E-state index is -0.492. The van der Waals surface area contributed by atoms with Gasteiger partial charge in [-0.05, 0) is 36.1 Å². The quantitative estimate of drug-likeness (QED) is 0.843. The highest BCUT2D eigenvalue weighted by Gasteiger charge is 2.35. The van der Waals surface area contributed by atoms with E-state index in [0.29, 0.717) is 24.2 Å². The first-order valence-electron chi connectivity index (χ1n) is 6.76. The first-order chi connectivity index (χ1) is 9.31. The van der Waals surface area contributed by atoms with Gasteiger partial charge in [-0.3, -0.25) is 9.59 Å². The summed E-state index contributed by atoms with van der Waals surface area (Å²) in [6, 6.07) is 6.56. The van der Waals surface area contributed by atoms with Crippen LogP contribution in [0, 0.1) is 5.41 Å². The third kappa shape index (κ3) is 2.82. The third-order valence-electron chi connectivity index (χ3n) is 4.02. The Hall–Kier alpha value is -1.88. The number of primary amides is 1. The van der Waals surface area contributed by atoms with Crippen LogP contribution in [0.5, 0.6) is 0 Å². The second kappa shape index (κ2) is 5.25. The first-order valence-corrected chi connectivity index (χ1v) is 6.76. The van der Waals surface area contributed by atoms with Gasteiger partial charge in [0.25, 0.3) is 5.91 Å². The fraction of sp³-hybridized carbons (Fsp3) is 0.467. The summed E-state index contributed by atoms with van der Waals surface area (Å²) >= 11 is 0. The highest BCUT2D eigenvalue weighted by Crippen LogP contribution is 2.28. The van der Waals surface area contributed by atoms with Gasteiger partial charge in [-0.2, -0.15) is 0 Å². The standard InChI is InChI=1S/C15H21N3O2/c1-15(2)9-18(8-7-12(15)16)14(20)11-5-3-10(4-6-11)13(17)19/h3-6,12H,7-9,16H2,1-2H3,(H2,17,19). The molecular weight excluding hydrogens is 254 g/mol. The summed E-state index contributed by atoms with van der Waals surface area (Å²) < 4.78 is 0. The second-order valence-corrected chi connectivity index (χ2v) is 6.05. The molecule has 0 aromatic heterocycles. The van der Waals surface area contributed by atoms with Crippen molar-refractivity contribution in [1.82, 2.24) is 4.90 Å². The van der Waals surface area contributed by atoms with E-state index in [-0.39, 0.29) is 17.4 Å². The van der Waals surface area contributed by atoms with Crippen molar-refractivity contribution >= 4 is 11.8 Å². The highest BCUT2D eigenvalue weighted by atomic mass is 16.2. The zero-order valence-corrected chi connectivity index (χ0v) is 11.9. The van der Waals surface area contributed by atoms with Crippen molar-refractivity contribution in [3.05, 3.63) is 35.4 Å². The summed E-state index contributed by atoms with van der Waals surface area (Å²) in [6.45, 7) is 5.46. The molecule has 0 spiro atoms. The summed E-state index contributed by atoms with van der Waals surface area (Å²) in [7, 11) is 0. The van der Waals surface area contributed by atoms with Gasteiger partial charge in [0.1, 0.15) is 0 Å². The number of piperidine rings is 1. The lowest BCUT2D eigenvalue weighted by Gasteiger charge is -2.42. The number of nitrogens with two attached hydrogens (primary N) is 2. The van der Waals surface area contributed by atoms with Gasteiger partial charge in [0.2, 0.25) is 5.91 Å². The summed E-state index contributed by atoms with van der Waals surface area (Å²) in [5, 5.41) is 0. The summed E-state index contributed by atoms with van der Waals surface area (Å²) in [5.41, 5.74) is 12.2. The number of hydrogen-bond acceptors (Lipinski definition) is 3. The molecule has 108 valence electrons. The number of carbonyl (C=O) groups excluding carboxylic acids is 2. The van der Waals surface area contributed by atoms with E-state index in [9.17, 15) is 9.59 Å². The Kier molecular flexibility index (Phi) is 3.81. The number of amides is 2. The van der Waals surface area contributed by atoms with Gasteiger partial charge in [0, 0.05) is 30.3 Å². The lowest BCUT2D eigenvalue weighted by atomic mass is 9.79. The van der Waals surface area contributed by atoms with Gasteiger partial charge in [-0.25, -0.2) is 0 Å². The SMILES string of the molecule is CC1(C)CN(C(=O)c2ccc(C(N)=O)cc2)CCC1N. The lowest BCUT2D eigenvalue weighted by Crippen LogP contribution is -2.54. The minimum Gasteiger partial charge on any atom is -0.366 e. The van der Waals surface area contributed by atoms with Crippen molar-refractivity contribution in [3.8, 4) is 0 Å². The monoisotopic (exact) mass is 275 g/mol. The molecule has 5 nitrogen and oxygen atoms in total. The van der Waals surface area contributed by atoms with Crippen LogP contribution in [0.4, 0.5) is 0 Å². The van der Waals surface area contributed by atoms with Crippen LogP contribution < -0.4 is 11.5 Å². The van der Waals surface area contributed by atoms with Gasteiger partial charge < -0.3 is 16.4 Å². The van der Waals surface area contributed by atoms with Crippen LogP contribution in [0.15, 0.2) is 24.3 Å². The molecule has 1 saturated heterocycles. The maximum absolute atomic E-state index is 12.4. The molecule has 5 heteroatoms. The van der Waals surface area contributed by atoms with Crippen LogP contribution in [-0.2, 0) is 0 Å². The fourth-order valence-corrected chi connectivity index (χ4v) is 2.51. The van der Waals surface area contributed by atoms with E-state index < -0.39 is 5.91 Å². The van der Waals surface area contributed by atoms with Crippen molar-refractivity contribution in [1.29, 1.82) is 0 Å². The molecule has 20 heavy (non-hydrogen) atoms. The van der Waals surface area contributed by atoms with Crippen LogP contribution >= 0.6 is 0 Å². The van der Waals surface area contributed by atoms with Crippen molar-refractivity contribution in [2.45, 2.75) is 26.3 Å². The fourth-order valence-electron chi connectivity index (χ4n) is 2.51. The molecule has 1 aliphatic heterocycles. The van der Waals surface area contributed by atoms with Crippen molar-refractivity contribution in [3.63, 3.8) is 0 Å². The molecule has 1 unspecified atom stereocenters. The Bertz CT molecular complexity index is 522. The molecule has 0 saturated carbocycles. The highest BCUT2D eigenvalue weighted by molar-refractivity contribution is 5.97. The topological polar surface area (TPSA) is 89.4 Å². The Morgan fingerprint density at radius 1 is 1.20 bits per heavy atom. The van der Waals surface area contributed by atoms with Crippen molar-refractivity contribution < 1.29 is 9.59 Å². The van der Waals surface area contributed by atoms with Crippen LogP contribution in [0.3, 0.4) is 0 Å². The van der Waals surface area contributed by atoms with Crippen LogP contribution in [0.1, 0.15) is 41.0 Å². The van der Waals surface area contributed by atoms with E-state index in [1.807, 2.05) is 4.90 Å². The number of rotatable bonds is 2. The van der Waals surface area contributed by atoms with Gasteiger partial charge in [0.15, 0.2) is 0 Å². The number of hydrogen-bond donors (Lipinski definition) is 2. The average Bonchev–Trinajstić information content (AvgIpc) is 2.41. The second-order valence-electron chi connectivity index (χ2n) is 6.05. The lowest BCUT2D eigenvalue weighted by molar-refractivity contribution is 0.0533. The molecule has 2 amide bonds. The molecular formula is C15H21N3O2. The number of likely N-dealkylation sites (tertiary alicyclic amines) is 1. The number of benzene rings is 1. The third-order valence-corrected chi connectivity index (χ3v) is 4.02. The minimum absolute atomic E-state index is 0.0269. The molecule has 1 aliphatic rings. The summed E-state index contributed by atoms with van der Waals surface area (Å²) in [6.07, 6.45) is 0.804. The Morgan fingerprint density at radius 2 is 1.75 bits per heavy atom. The van der Waals surface area contributed by atoms with E-state index in [0.717, 1.165) is 6.42 Å². The van der Waals surface area contributed by atoms with E-state index in [4.69, 9.17) is 11.5 Å². The maximum atomic E-state index is 12.4. The van der Waals surface area contributed by atoms with E-state index in [1.54, 1.807) is 24.3 Å². The Morgan fingerprint density at radius 3 is 2.25 bits per heavy atom. The molecule has 0 aliphatic carbocycles. The summed E-state index contributed by atoms with van der Waals surface area (Å²) in [5.74, 6) is -0.518. The predicted molar refractivity (Wildman–Crippen MR) is 77.2 cm³/mol. The van der Waals surface area contributed by atoms with Gasteiger partial charge in [-0.15, -0.1) is 0 Å². The molecule has 1 fully saturated rings.